The van der Waals surface area contributed by atoms with E-state index in [0.29, 0.717) is 64.4 Å². The largest absolute Gasteiger partial charge is 0.492 e. The van der Waals surface area contributed by atoms with Crippen LogP contribution in [0.5, 0.6) is 11.5 Å². The second kappa shape index (κ2) is 30.4. The van der Waals surface area contributed by atoms with Crippen LogP contribution < -0.4 is 25.4 Å². The van der Waals surface area contributed by atoms with Crippen molar-refractivity contribution in [2.45, 2.75) is 116 Å². The topological polar surface area (TPSA) is 209 Å². The lowest BCUT2D eigenvalue weighted by molar-refractivity contribution is -0.143. The van der Waals surface area contributed by atoms with E-state index in [-0.39, 0.29) is 61.4 Å². The van der Waals surface area contributed by atoms with Crippen LogP contribution >= 0.6 is 11.3 Å². The zero-order valence-electron chi connectivity index (χ0n) is 53.2. The molecule has 6 bridgehead atoms. The van der Waals surface area contributed by atoms with E-state index in [1.807, 2.05) is 116 Å². The van der Waals surface area contributed by atoms with Crippen LogP contribution in [0.4, 0.5) is 11.6 Å². The summed E-state index contributed by atoms with van der Waals surface area (Å²) in [6.07, 6.45) is 8.90. The lowest BCUT2D eigenvalue weighted by Gasteiger charge is -2.40. The zero-order valence-corrected chi connectivity index (χ0v) is 54.0. The number of aromatic nitrogens is 3. The molecule has 4 fully saturated rings. The number of thiazole rings is 1. The first-order valence-electron chi connectivity index (χ1n) is 32.7. The summed E-state index contributed by atoms with van der Waals surface area (Å²) in [7, 11) is 0. The number of nitrogens with zero attached hydrogens (tertiary/aromatic N) is 8. The minimum absolute atomic E-state index is 0.0667. The number of carbonyl (C=O) groups is 3. The number of carbonyl (C=O) groups excluding carboxylic acids is 3. The fourth-order valence-electron chi connectivity index (χ4n) is 13.4. The van der Waals surface area contributed by atoms with Crippen molar-refractivity contribution < 1.29 is 43.2 Å². The van der Waals surface area contributed by atoms with E-state index >= 15 is 0 Å². The number of rotatable bonds is 20. The molecule has 20 nitrogen and oxygen atoms in total. The summed E-state index contributed by atoms with van der Waals surface area (Å²) < 4.78 is 31.5. The summed E-state index contributed by atoms with van der Waals surface area (Å²) in [5, 5.41) is 20.7. The Morgan fingerprint density at radius 2 is 1.55 bits per heavy atom. The number of fused-ring (bicyclic) bond motifs is 8. The van der Waals surface area contributed by atoms with Crippen molar-refractivity contribution in [3.8, 4) is 33.2 Å². The Labute approximate surface area is 543 Å². The summed E-state index contributed by atoms with van der Waals surface area (Å²) in [4.78, 5) is 67.3. The first kappa shape index (κ1) is 64.5. The highest BCUT2D eigenvalue weighted by molar-refractivity contribution is 7.13. The van der Waals surface area contributed by atoms with Crippen molar-refractivity contribution in [3.05, 3.63) is 155 Å². The summed E-state index contributed by atoms with van der Waals surface area (Å²) in [6, 6.07) is 29.0. The molecule has 3 amide bonds. The van der Waals surface area contributed by atoms with Gasteiger partial charge in [-0.25, -0.2) is 15.0 Å². The van der Waals surface area contributed by atoms with Gasteiger partial charge in [0.25, 0.3) is 0 Å². The number of likely N-dealkylation sites (tertiary alicyclic amines) is 2. The molecule has 21 heteroatoms. The van der Waals surface area contributed by atoms with Crippen LogP contribution in [0.2, 0.25) is 0 Å². The number of aryl methyl sites for hydroxylation is 1. The normalized spacial score (nSPS) is 21.6. The quantitative estimate of drug-likeness (QED) is 0.0531. The molecule has 6 aromatic rings. The number of ether oxygens (including phenoxy) is 5. The predicted molar refractivity (Wildman–Crippen MR) is 355 cm³/mol. The Balaban J connectivity index is 0.548. The fraction of sp³-hybridized carbons (Fsp3) is 0.465. The van der Waals surface area contributed by atoms with Crippen LogP contribution in [-0.4, -0.2) is 191 Å². The fourth-order valence-corrected chi connectivity index (χ4v) is 14.2. The van der Waals surface area contributed by atoms with Gasteiger partial charge in [-0.3, -0.25) is 29.1 Å². The van der Waals surface area contributed by atoms with Crippen molar-refractivity contribution in [2.24, 2.45) is 5.92 Å². The van der Waals surface area contributed by atoms with Gasteiger partial charge in [0.2, 0.25) is 23.7 Å². The number of nitrogens with one attached hydrogen (secondary N) is 3. The van der Waals surface area contributed by atoms with E-state index in [1.54, 1.807) is 22.4 Å². The number of hydrogen-bond donors (Lipinski definition) is 4. The Morgan fingerprint density at radius 3 is 2.33 bits per heavy atom. The van der Waals surface area contributed by atoms with Crippen molar-refractivity contribution in [1.82, 2.24) is 50.1 Å². The monoisotopic (exact) mass is 1270 g/mol. The Morgan fingerprint density at radius 1 is 0.793 bits per heavy atom. The molecule has 4 N–H and O–H groups in total. The molecule has 6 aliphatic rings. The van der Waals surface area contributed by atoms with Crippen molar-refractivity contribution in [2.75, 3.05) is 97.2 Å². The summed E-state index contributed by atoms with van der Waals surface area (Å²) in [5.74, 6) is 1.46. The molecule has 12 rings (SSSR count). The number of piperidine rings is 1. The number of aliphatic hydroxyl groups is 1. The van der Waals surface area contributed by atoms with Crippen molar-refractivity contribution >= 4 is 46.4 Å². The molecule has 92 heavy (non-hydrogen) atoms. The highest BCUT2D eigenvalue weighted by atomic mass is 32.1. The first-order valence-corrected chi connectivity index (χ1v) is 33.6. The minimum atomic E-state index is -0.819. The molecule has 3 atom stereocenters. The third-order valence-corrected chi connectivity index (χ3v) is 19.5. The van der Waals surface area contributed by atoms with Gasteiger partial charge in [-0.2, -0.15) is 0 Å². The molecule has 0 radical (unpaired) electrons. The zero-order chi connectivity index (χ0) is 63.5. The number of hydrogen-bond acceptors (Lipinski definition) is 18. The summed E-state index contributed by atoms with van der Waals surface area (Å²) in [6.45, 7) is 21.0. The van der Waals surface area contributed by atoms with Crippen molar-refractivity contribution in [3.63, 3.8) is 0 Å². The molecular formula is C71H87N11O9S. The van der Waals surface area contributed by atoms with E-state index in [4.69, 9.17) is 28.7 Å². The number of amides is 3. The maximum atomic E-state index is 14.5. The van der Waals surface area contributed by atoms with Gasteiger partial charge >= 0.3 is 0 Å². The second-order valence-electron chi connectivity index (χ2n) is 25.4. The third-order valence-electron chi connectivity index (χ3n) is 18.5. The van der Waals surface area contributed by atoms with Gasteiger partial charge in [-0.1, -0.05) is 87.2 Å². The van der Waals surface area contributed by atoms with Gasteiger partial charge < -0.3 is 54.5 Å². The summed E-state index contributed by atoms with van der Waals surface area (Å²) in [5.41, 5.74) is 12.2. The van der Waals surface area contributed by atoms with E-state index < -0.39 is 18.2 Å². The van der Waals surface area contributed by atoms with Gasteiger partial charge in [-0.05, 0) is 91.6 Å². The van der Waals surface area contributed by atoms with Crippen LogP contribution in [0.3, 0.4) is 0 Å². The standard InChI is InChI=1S/C71H87N11O9S/c1-47(2)67(81-41-54-11-5-6-13-61(54)49(81)4)70(86)82-42-58(83)39-63(82)69(85)73-40-53-15-14-52(68-48(3)74-46-92-68)36-65(53)90-33-28-78-22-19-59(20-23-78)91-60-37-57(38-60)75-66(84)43-80-26-24-79(25-27-80)29-32-89-64-17-16-56-35-55(64)45-88-31-8-7-30-87-44-50-10-9-12-51(34-50)62-18-21-72-71(76-56)77-62/h5-18,21,34-36,46-47,57-60,63,67,83H,4,19-20,22-33,37-45H2,1-3H3,(H,73,85)(H,75,84)(H,72,76,77)/b8-7+/t57?,58-,60?,63+,67+/m1/s1. The molecule has 4 aromatic carbocycles. The SMILES string of the molecule is C=C1c2ccccc2CN1[C@H](C(=O)N1C[C@H](O)C[C@H]1C(=O)NCc1ccc(-c2scnc2C)cc1OCCN1CCC(OC2CC(NC(=O)CN3CCN(CCOc4ccc5cc4COC/C=C/COCc4cccc(c4)-c4ccnc(n4)N5)CC3)C2)CC1)C(C)C. The molecule has 1 saturated carbocycles. The molecule has 0 spiro atoms. The van der Waals surface area contributed by atoms with Crippen LogP contribution in [0.15, 0.2) is 121 Å². The molecule has 1 aliphatic carbocycles. The van der Waals surface area contributed by atoms with E-state index in [2.05, 4.69) is 65.4 Å². The van der Waals surface area contributed by atoms with Crippen LogP contribution in [-0.2, 0) is 54.9 Å². The van der Waals surface area contributed by atoms with Crippen molar-refractivity contribution in [1.29, 1.82) is 0 Å². The number of anilines is 2. The molecule has 7 heterocycles. The van der Waals surface area contributed by atoms with Gasteiger partial charge in [0.05, 0.1) is 73.1 Å². The maximum Gasteiger partial charge on any atom is 0.246 e. The average Bonchev–Trinajstić information content (AvgIpc) is 2.28. The van der Waals surface area contributed by atoms with Gasteiger partial charge in [0.15, 0.2) is 0 Å². The van der Waals surface area contributed by atoms with Crippen LogP contribution in [0.1, 0.15) is 79.5 Å². The smallest absolute Gasteiger partial charge is 0.246 e. The van der Waals surface area contributed by atoms with E-state index in [1.165, 1.54) is 0 Å². The average molecular weight is 1270 g/mol. The molecule has 2 aromatic heterocycles. The predicted octanol–water partition coefficient (Wildman–Crippen LogP) is 8.21. The Hall–Kier alpha value is -7.60. The molecule has 3 saturated heterocycles. The lowest BCUT2D eigenvalue weighted by atomic mass is 9.88. The van der Waals surface area contributed by atoms with Gasteiger partial charge in [0, 0.05) is 124 Å². The van der Waals surface area contributed by atoms with Crippen LogP contribution in [0.25, 0.3) is 27.4 Å². The third kappa shape index (κ3) is 16.2. The van der Waals surface area contributed by atoms with Crippen LogP contribution in [0, 0.1) is 12.8 Å². The molecule has 486 valence electrons. The number of β-amino-alcohol motifs (C(OH)–C–C–N with tert-alkyl or cyclic N) is 1. The highest BCUT2D eigenvalue weighted by Crippen LogP contribution is 2.38. The molecular weight excluding hydrogens is 1180 g/mol. The minimum Gasteiger partial charge on any atom is -0.492 e. The van der Waals surface area contributed by atoms with E-state index in [0.717, 1.165) is 150 Å². The second-order valence-corrected chi connectivity index (χ2v) is 26.2. The maximum absolute atomic E-state index is 14.5. The van der Waals surface area contributed by atoms with Gasteiger partial charge in [-0.15, -0.1) is 11.3 Å². The Kier molecular flexibility index (Phi) is 21.3. The van der Waals surface area contributed by atoms with Gasteiger partial charge in [0.1, 0.15) is 36.8 Å². The van der Waals surface area contributed by atoms with E-state index in [9.17, 15) is 19.5 Å². The molecule has 5 aliphatic heterocycles. The number of aliphatic hydroxyl groups excluding tert-OH is 1. The lowest BCUT2D eigenvalue weighted by Crippen LogP contribution is -2.54. The first-order chi connectivity index (χ1) is 44.8. The Bertz CT molecular complexity index is 3560. The number of benzene rings is 4. The number of piperazine rings is 1. The molecule has 0 unspecified atom stereocenters. The highest BCUT2D eigenvalue weighted by Gasteiger charge is 2.45. The summed E-state index contributed by atoms with van der Waals surface area (Å²) >= 11 is 1.58.